The van der Waals surface area contributed by atoms with Crippen LogP contribution in [-0.2, 0) is 21.4 Å². The molecule has 4 rings (SSSR count). The van der Waals surface area contributed by atoms with Crippen LogP contribution in [-0.4, -0.2) is 41.5 Å². The highest BCUT2D eigenvalue weighted by Crippen LogP contribution is 2.26. The normalized spacial score (nSPS) is 17.2. The zero-order valence-electron chi connectivity index (χ0n) is 17.4. The van der Waals surface area contributed by atoms with Crippen LogP contribution >= 0.6 is 11.6 Å². The van der Waals surface area contributed by atoms with E-state index in [2.05, 4.69) is 10.2 Å². The Morgan fingerprint density at radius 1 is 1.19 bits per heavy atom. The van der Waals surface area contributed by atoms with Gasteiger partial charge in [-0.2, -0.15) is 4.31 Å². The number of benzene rings is 2. The minimum absolute atomic E-state index is 0.0725. The molecule has 0 aliphatic carbocycles. The summed E-state index contributed by atoms with van der Waals surface area (Å²) in [6.45, 7) is 2.14. The number of rotatable bonds is 6. The minimum Gasteiger partial charge on any atom is -0.452 e. The second-order valence-electron chi connectivity index (χ2n) is 7.57. The predicted molar refractivity (Wildman–Crippen MR) is 118 cm³/mol. The SMILES string of the molecule is C[C@H]1CCCCN1S(=O)(=O)c1cccc(C(=O)OCc2nnc(-c3ccc(Cl)cc3)o2)c1. The molecule has 0 bridgehead atoms. The maximum Gasteiger partial charge on any atom is 0.338 e. The first kappa shape index (κ1) is 22.4. The van der Waals surface area contributed by atoms with Crippen molar-refractivity contribution in [3.05, 3.63) is 65.0 Å². The van der Waals surface area contributed by atoms with Gasteiger partial charge in [0.05, 0.1) is 10.5 Å². The monoisotopic (exact) mass is 475 g/mol. The molecule has 1 aromatic heterocycles. The van der Waals surface area contributed by atoms with Gasteiger partial charge >= 0.3 is 5.97 Å². The average Bonchev–Trinajstić information content (AvgIpc) is 3.27. The number of ether oxygens (including phenoxy) is 1. The second kappa shape index (κ2) is 9.40. The summed E-state index contributed by atoms with van der Waals surface area (Å²) in [5, 5.41) is 8.40. The van der Waals surface area contributed by atoms with Crippen molar-refractivity contribution in [1.82, 2.24) is 14.5 Å². The highest BCUT2D eigenvalue weighted by Gasteiger charge is 2.31. The molecule has 0 radical (unpaired) electrons. The van der Waals surface area contributed by atoms with Crippen molar-refractivity contribution < 1.29 is 22.4 Å². The van der Waals surface area contributed by atoms with Crippen LogP contribution in [0.25, 0.3) is 11.5 Å². The number of hydrogen-bond donors (Lipinski definition) is 0. The van der Waals surface area contributed by atoms with Gasteiger partial charge in [-0.3, -0.25) is 0 Å². The topological polar surface area (TPSA) is 103 Å². The fourth-order valence-corrected chi connectivity index (χ4v) is 5.45. The van der Waals surface area contributed by atoms with Crippen LogP contribution in [0.15, 0.2) is 57.8 Å². The van der Waals surface area contributed by atoms with Crippen molar-refractivity contribution in [2.24, 2.45) is 0 Å². The zero-order valence-corrected chi connectivity index (χ0v) is 19.0. The largest absolute Gasteiger partial charge is 0.452 e. The summed E-state index contributed by atoms with van der Waals surface area (Å²) >= 11 is 5.87. The molecular formula is C22H22ClN3O5S. The van der Waals surface area contributed by atoms with Gasteiger partial charge in [0, 0.05) is 23.2 Å². The number of carbonyl (C=O) groups is 1. The number of carbonyl (C=O) groups excluding carboxylic acids is 1. The fourth-order valence-electron chi connectivity index (χ4n) is 3.58. The molecule has 168 valence electrons. The number of halogens is 1. The third-order valence-electron chi connectivity index (χ3n) is 5.30. The summed E-state index contributed by atoms with van der Waals surface area (Å²) in [6, 6.07) is 12.7. The maximum atomic E-state index is 13.0. The Balaban J connectivity index is 1.44. The van der Waals surface area contributed by atoms with Crippen molar-refractivity contribution >= 4 is 27.6 Å². The molecule has 0 amide bonds. The van der Waals surface area contributed by atoms with E-state index < -0.39 is 16.0 Å². The van der Waals surface area contributed by atoms with Gasteiger partial charge < -0.3 is 9.15 Å². The molecule has 10 heteroatoms. The van der Waals surface area contributed by atoms with Crippen molar-refractivity contribution in [3.8, 4) is 11.5 Å². The van der Waals surface area contributed by atoms with E-state index in [1.54, 1.807) is 24.3 Å². The summed E-state index contributed by atoms with van der Waals surface area (Å²) in [5.41, 5.74) is 0.817. The highest BCUT2D eigenvalue weighted by atomic mass is 35.5. The molecule has 2 heterocycles. The van der Waals surface area contributed by atoms with Crippen molar-refractivity contribution in [1.29, 1.82) is 0 Å². The molecule has 0 unspecified atom stereocenters. The Kier molecular flexibility index (Phi) is 6.59. The maximum absolute atomic E-state index is 13.0. The van der Waals surface area contributed by atoms with Crippen molar-refractivity contribution in [2.75, 3.05) is 6.54 Å². The van der Waals surface area contributed by atoms with Crippen molar-refractivity contribution in [2.45, 2.75) is 43.7 Å². The van der Waals surface area contributed by atoms with E-state index in [1.165, 1.54) is 28.6 Å². The van der Waals surface area contributed by atoms with Gasteiger partial charge in [0.1, 0.15) is 0 Å². The lowest BCUT2D eigenvalue weighted by molar-refractivity contribution is 0.0438. The summed E-state index contributed by atoms with van der Waals surface area (Å²) in [6.07, 6.45) is 2.66. The van der Waals surface area contributed by atoms with Crippen LogP contribution in [0.2, 0.25) is 5.02 Å². The van der Waals surface area contributed by atoms with E-state index in [-0.39, 0.29) is 34.9 Å². The van der Waals surface area contributed by atoms with E-state index in [4.69, 9.17) is 20.8 Å². The van der Waals surface area contributed by atoms with Crippen LogP contribution in [0.3, 0.4) is 0 Å². The van der Waals surface area contributed by atoms with E-state index in [0.29, 0.717) is 17.1 Å². The van der Waals surface area contributed by atoms with E-state index in [9.17, 15) is 13.2 Å². The Bertz CT molecular complexity index is 1210. The summed E-state index contributed by atoms with van der Waals surface area (Å²) in [4.78, 5) is 12.6. The fraction of sp³-hybridized carbons (Fsp3) is 0.318. The molecule has 1 aliphatic heterocycles. The molecule has 1 saturated heterocycles. The quantitative estimate of drug-likeness (QED) is 0.489. The molecule has 1 atom stereocenters. The number of hydrogen-bond acceptors (Lipinski definition) is 7. The lowest BCUT2D eigenvalue weighted by atomic mass is 10.1. The van der Waals surface area contributed by atoms with Gasteiger partial charge in [-0.25, -0.2) is 13.2 Å². The van der Waals surface area contributed by atoms with Crippen LogP contribution < -0.4 is 0 Å². The first-order valence-electron chi connectivity index (χ1n) is 10.2. The van der Waals surface area contributed by atoms with Gasteiger partial charge in [0.2, 0.25) is 15.9 Å². The van der Waals surface area contributed by atoms with Gasteiger partial charge in [-0.15, -0.1) is 10.2 Å². The molecule has 8 nitrogen and oxygen atoms in total. The molecule has 0 N–H and O–H groups in total. The van der Waals surface area contributed by atoms with Gasteiger partial charge in [0.15, 0.2) is 6.61 Å². The summed E-state index contributed by atoms with van der Waals surface area (Å²) in [7, 11) is -3.69. The second-order valence-corrected chi connectivity index (χ2v) is 9.90. The third-order valence-corrected chi connectivity index (χ3v) is 7.56. The van der Waals surface area contributed by atoms with Crippen LogP contribution in [0, 0.1) is 0 Å². The third kappa shape index (κ3) is 4.85. The molecule has 2 aromatic carbocycles. The van der Waals surface area contributed by atoms with Gasteiger partial charge in [-0.05, 0) is 62.2 Å². The van der Waals surface area contributed by atoms with E-state index >= 15 is 0 Å². The minimum atomic E-state index is -3.69. The van der Waals surface area contributed by atoms with Crippen molar-refractivity contribution in [3.63, 3.8) is 0 Å². The Labute approximate surface area is 191 Å². The number of esters is 1. The molecule has 1 aliphatic rings. The lowest BCUT2D eigenvalue weighted by Crippen LogP contribution is -2.41. The lowest BCUT2D eigenvalue weighted by Gasteiger charge is -2.32. The summed E-state index contributed by atoms with van der Waals surface area (Å²) < 4.78 is 38.4. The Hall–Kier alpha value is -2.75. The molecule has 0 saturated carbocycles. The van der Waals surface area contributed by atoms with Gasteiger partial charge in [0.25, 0.3) is 5.89 Å². The molecule has 0 spiro atoms. The van der Waals surface area contributed by atoms with E-state index in [0.717, 1.165) is 19.3 Å². The number of nitrogens with zero attached hydrogens (tertiary/aromatic N) is 3. The smallest absolute Gasteiger partial charge is 0.338 e. The molecule has 32 heavy (non-hydrogen) atoms. The first-order valence-corrected chi connectivity index (χ1v) is 12.0. The standard InChI is InChI=1S/C22H22ClN3O5S/c1-15-5-2-3-12-26(15)32(28,29)19-7-4-6-17(13-19)22(27)30-14-20-24-25-21(31-20)16-8-10-18(23)11-9-16/h4,6-11,13,15H,2-3,5,12,14H2,1H3/t15-/m0/s1. The van der Waals surface area contributed by atoms with Crippen LogP contribution in [0.4, 0.5) is 0 Å². The molecular weight excluding hydrogens is 454 g/mol. The molecule has 1 fully saturated rings. The van der Waals surface area contributed by atoms with E-state index in [1.807, 2.05) is 6.92 Å². The Morgan fingerprint density at radius 2 is 1.97 bits per heavy atom. The number of sulfonamides is 1. The average molecular weight is 476 g/mol. The number of aromatic nitrogens is 2. The first-order chi connectivity index (χ1) is 15.3. The summed E-state index contributed by atoms with van der Waals surface area (Å²) in [5.74, 6) is -0.286. The van der Waals surface area contributed by atoms with Crippen LogP contribution in [0.5, 0.6) is 0 Å². The number of piperidine rings is 1. The van der Waals surface area contributed by atoms with Crippen LogP contribution in [0.1, 0.15) is 42.4 Å². The van der Waals surface area contributed by atoms with Gasteiger partial charge in [-0.1, -0.05) is 24.1 Å². The zero-order chi connectivity index (χ0) is 22.7. The predicted octanol–water partition coefficient (Wildman–Crippen LogP) is 4.31. The molecule has 3 aromatic rings. The highest BCUT2D eigenvalue weighted by molar-refractivity contribution is 7.89. The Morgan fingerprint density at radius 3 is 2.72 bits per heavy atom.